The first-order valence-electron chi connectivity index (χ1n) is 9.59. The van der Waals surface area contributed by atoms with E-state index in [-0.39, 0.29) is 17.8 Å². The fourth-order valence-electron chi connectivity index (χ4n) is 3.37. The first-order chi connectivity index (χ1) is 14.9. The summed E-state index contributed by atoms with van der Waals surface area (Å²) < 4.78 is 83.5. The number of hydrogen-bond donors (Lipinski definition) is 2. The van der Waals surface area contributed by atoms with Crippen molar-refractivity contribution >= 4 is 45.3 Å². The highest BCUT2D eigenvalue weighted by molar-refractivity contribution is 7.80. The lowest BCUT2D eigenvalue weighted by atomic mass is 9.95. The van der Waals surface area contributed by atoms with Crippen LogP contribution in [0.5, 0.6) is 0 Å². The Balaban J connectivity index is 1.89. The maximum Gasteiger partial charge on any atom is 0.416 e. The van der Waals surface area contributed by atoms with Crippen LogP contribution in [0.2, 0.25) is 0 Å². The van der Waals surface area contributed by atoms with Gasteiger partial charge in [0.05, 0.1) is 23.3 Å². The Morgan fingerprint density at radius 3 is 2.19 bits per heavy atom. The SMILES string of the molecule is CCOC(=O)c1c(NC(=S)Nc2cc(C(F)(F)F)cc(C(F)(F)F)c2)sc2c1CCCC2. The van der Waals surface area contributed by atoms with Gasteiger partial charge in [-0.15, -0.1) is 11.3 Å². The number of hydrogen-bond acceptors (Lipinski definition) is 4. The lowest BCUT2D eigenvalue weighted by Gasteiger charge is -2.16. The number of carbonyl (C=O) groups is 1. The van der Waals surface area contributed by atoms with E-state index in [9.17, 15) is 31.1 Å². The van der Waals surface area contributed by atoms with Crippen LogP contribution in [0.4, 0.5) is 37.0 Å². The van der Waals surface area contributed by atoms with Crippen molar-refractivity contribution in [2.24, 2.45) is 0 Å². The molecule has 0 fully saturated rings. The van der Waals surface area contributed by atoms with Crippen molar-refractivity contribution in [1.29, 1.82) is 0 Å². The average Bonchev–Trinajstić information content (AvgIpc) is 3.04. The zero-order valence-electron chi connectivity index (χ0n) is 16.7. The number of anilines is 2. The highest BCUT2D eigenvalue weighted by Crippen LogP contribution is 2.40. The summed E-state index contributed by atoms with van der Waals surface area (Å²) >= 11 is 6.38. The standard InChI is InChI=1S/C20H18F6N2O2S2/c1-2-30-17(29)15-13-5-3-4-6-14(13)32-16(15)28-18(31)27-12-8-10(19(21,22)23)7-11(9-12)20(24,25)26/h7-9H,2-6H2,1H3,(H2,27,28,31). The van der Waals surface area contributed by atoms with Crippen molar-refractivity contribution in [2.45, 2.75) is 45.0 Å². The van der Waals surface area contributed by atoms with Crippen molar-refractivity contribution < 1.29 is 35.9 Å². The molecule has 1 aromatic carbocycles. The maximum absolute atomic E-state index is 13.1. The minimum atomic E-state index is -4.98. The smallest absolute Gasteiger partial charge is 0.416 e. The van der Waals surface area contributed by atoms with Crippen molar-refractivity contribution in [1.82, 2.24) is 0 Å². The summed E-state index contributed by atoms with van der Waals surface area (Å²) in [5.41, 5.74) is -2.27. The number of aryl methyl sites for hydroxylation is 1. The highest BCUT2D eigenvalue weighted by atomic mass is 32.1. The Morgan fingerprint density at radius 1 is 1.03 bits per heavy atom. The molecule has 174 valence electrons. The summed E-state index contributed by atoms with van der Waals surface area (Å²) in [7, 11) is 0. The number of thiocarbonyl (C=S) groups is 1. The molecule has 0 spiro atoms. The third-order valence-corrected chi connectivity index (χ3v) is 6.13. The van der Waals surface area contributed by atoms with Gasteiger partial charge in [0, 0.05) is 10.6 Å². The van der Waals surface area contributed by atoms with Crippen molar-refractivity contribution in [2.75, 3.05) is 17.2 Å². The van der Waals surface area contributed by atoms with Crippen molar-refractivity contribution in [3.63, 3.8) is 0 Å². The Hall–Kier alpha value is -2.34. The second-order valence-electron chi connectivity index (χ2n) is 7.01. The third-order valence-electron chi connectivity index (χ3n) is 4.72. The molecule has 12 heteroatoms. The van der Waals surface area contributed by atoms with Gasteiger partial charge in [0.15, 0.2) is 5.11 Å². The molecule has 32 heavy (non-hydrogen) atoms. The van der Waals surface area contributed by atoms with Gasteiger partial charge in [-0.05, 0) is 68.6 Å². The van der Waals surface area contributed by atoms with E-state index in [1.165, 1.54) is 11.3 Å². The molecule has 0 radical (unpaired) electrons. The topological polar surface area (TPSA) is 50.4 Å². The van der Waals surface area contributed by atoms with Crippen molar-refractivity contribution in [3.05, 3.63) is 45.3 Å². The molecule has 0 saturated heterocycles. The number of fused-ring (bicyclic) bond motifs is 1. The molecule has 0 unspecified atom stereocenters. The fraction of sp³-hybridized carbons (Fsp3) is 0.400. The summed E-state index contributed by atoms with van der Waals surface area (Å²) in [4.78, 5) is 13.5. The zero-order chi connectivity index (χ0) is 23.7. The van der Waals surface area contributed by atoms with Gasteiger partial charge in [0.2, 0.25) is 0 Å². The van der Waals surface area contributed by atoms with Crippen LogP contribution in [-0.2, 0) is 29.9 Å². The molecule has 4 nitrogen and oxygen atoms in total. The molecule has 1 aliphatic rings. The summed E-state index contributed by atoms with van der Waals surface area (Å²) in [5.74, 6) is -0.560. The van der Waals surface area contributed by atoms with Gasteiger partial charge < -0.3 is 15.4 Å². The van der Waals surface area contributed by atoms with E-state index < -0.39 is 35.1 Å². The molecule has 0 amide bonds. The molecule has 1 aromatic heterocycles. The number of ether oxygens (including phenoxy) is 1. The molecular weight excluding hydrogens is 478 g/mol. The maximum atomic E-state index is 13.1. The van der Waals surface area contributed by atoms with Crippen LogP contribution in [0.3, 0.4) is 0 Å². The third kappa shape index (κ3) is 5.52. The van der Waals surface area contributed by atoms with Gasteiger partial charge in [-0.25, -0.2) is 4.79 Å². The van der Waals surface area contributed by atoms with Gasteiger partial charge >= 0.3 is 18.3 Å². The Morgan fingerprint density at radius 2 is 1.62 bits per heavy atom. The largest absolute Gasteiger partial charge is 0.462 e. The van der Waals surface area contributed by atoms with E-state index in [1.54, 1.807) is 6.92 Å². The second kappa shape index (κ2) is 9.26. The predicted octanol–water partition coefficient (Wildman–Crippen LogP) is 6.65. The first kappa shape index (κ1) is 24.3. The normalized spacial score (nSPS) is 14.0. The molecule has 0 atom stereocenters. The molecule has 3 rings (SSSR count). The van der Waals surface area contributed by atoms with Gasteiger partial charge in [-0.3, -0.25) is 0 Å². The monoisotopic (exact) mass is 496 g/mol. The fourth-order valence-corrected chi connectivity index (χ4v) is 4.93. The molecule has 2 N–H and O–H groups in total. The molecule has 0 aliphatic heterocycles. The van der Waals surface area contributed by atoms with Gasteiger partial charge in [0.25, 0.3) is 0 Å². The quantitative estimate of drug-likeness (QED) is 0.282. The number of esters is 1. The van der Waals surface area contributed by atoms with E-state index in [1.807, 2.05) is 0 Å². The van der Waals surface area contributed by atoms with Gasteiger partial charge in [-0.1, -0.05) is 0 Å². The summed E-state index contributed by atoms with van der Waals surface area (Å²) in [6.45, 7) is 1.80. The Kier molecular flexibility index (Phi) is 7.03. The van der Waals surface area contributed by atoms with Gasteiger partial charge in [-0.2, -0.15) is 26.3 Å². The lowest BCUT2D eigenvalue weighted by molar-refractivity contribution is -0.143. The number of thiophene rings is 1. The van der Waals surface area contributed by atoms with Crippen molar-refractivity contribution in [3.8, 4) is 0 Å². The summed E-state index contributed by atoms with van der Waals surface area (Å²) in [5, 5.41) is 5.21. The number of halogens is 6. The molecule has 2 aromatic rings. The Labute approximate surface area is 188 Å². The van der Waals surface area contributed by atoms with E-state index in [2.05, 4.69) is 10.6 Å². The molecule has 1 heterocycles. The number of alkyl halides is 6. The van der Waals surface area contributed by atoms with Crippen LogP contribution in [-0.4, -0.2) is 17.7 Å². The molecular formula is C20H18F6N2O2S2. The van der Waals surface area contributed by atoms with E-state index >= 15 is 0 Å². The first-order valence-corrected chi connectivity index (χ1v) is 10.8. The minimum absolute atomic E-state index is 0.0356. The summed E-state index contributed by atoms with van der Waals surface area (Å²) in [6, 6.07) is 1.11. The second-order valence-corrected chi connectivity index (χ2v) is 8.52. The highest BCUT2D eigenvalue weighted by Gasteiger charge is 2.37. The summed E-state index contributed by atoms with van der Waals surface area (Å²) in [6.07, 6.45) is -6.68. The number of benzene rings is 1. The number of nitrogens with one attached hydrogen (secondary N) is 2. The average molecular weight is 496 g/mol. The van der Waals surface area contributed by atoms with Crippen LogP contribution in [0.15, 0.2) is 18.2 Å². The van der Waals surface area contributed by atoms with Crippen LogP contribution in [0.1, 0.15) is 51.7 Å². The van der Waals surface area contributed by atoms with E-state index in [0.29, 0.717) is 29.1 Å². The number of rotatable bonds is 4. The number of carbonyl (C=O) groups excluding carboxylic acids is 1. The molecule has 0 bridgehead atoms. The molecule has 0 saturated carbocycles. The van der Waals surface area contributed by atoms with E-state index in [0.717, 1.165) is 29.7 Å². The Bertz CT molecular complexity index is 998. The zero-order valence-corrected chi connectivity index (χ0v) is 18.3. The van der Waals surface area contributed by atoms with Crippen LogP contribution >= 0.6 is 23.6 Å². The van der Waals surface area contributed by atoms with Crippen LogP contribution in [0.25, 0.3) is 0 Å². The van der Waals surface area contributed by atoms with Gasteiger partial charge in [0.1, 0.15) is 5.00 Å². The molecule has 1 aliphatic carbocycles. The minimum Gasteiger partial charge on any atom is -0.462 e. The van der Waals surface area contributed by atoms with E-state index in [4.69, 9.17) is 17.0 Å². The lowest BCUT2D eigenvalue weighted by Crippen LogP contribution is -2.21. The predicted molar refractivity (Wildman–Crippen MR) is 113 cm³/mol. The van der Waals surface area contributed by atoms with Crippen LogP contribution in [0, 0.1) is 0 Å². The van der Waals surface area contributed by atoms with Crippen LogP contribution < -0.4 is 10.6 Å².